The highest BCUT2D eigenvalue weighted by Gasteiger charge is 2.73. The molecular weight excluding hydrogens is 290 g/mol. The van der Waals surface area contributed by atoms with Gasteiger partial charge in [-0.2, -0.15) is 12.6 Å². The Kier molecular flexibility index (Phi) is 4.64. The monoisotopic (exact) mass is 305 g/mol. The summed E-state index contributed by atoms with van der Waals surface area (Å²) in [4.78, 5) is 46.5. The largest absolute Gasteiger partial charge is 0.480 e. The van der Waals surface area contributed by atoms with Gasteiger partial charge in [-0.25, -0.2) is 0 Å². The summed E-state index contributed by atoms with van der Waals surface area (Å²) in [6, 6.07) is 0. The number of aliphatic carboxylic acids is 3. The summed E-state index contributed by atoms with van der Waals surface area (Å²) in [5.41, 5.74) is -5.16. The molecule has 1 unspecified atom stereocenters. The molecule has 1 aliphatic carbocycles. The van der Waals surface area contributed by atoms with Crippen molar-refractivity contribution in [1.29, 1.82) is 0 Å². The van der Waals surface area contributed by atoms with E-state index in [-0.39, 0.29) is 25.1 Å². The van der Waals surface area contributed by atoms with Gasteiger partial charge < -0.3 is 20.6 Å². The van der Waals surface area contributed by atoms with Crippen LogP contribution in [0.4, 0.5) is 0 Å². The second-order valence-electron chi connectivity index (χ2n) is 4.56. The molecule has 0 saturated heterocycles. The zero-order valence-electron chi connectivity index (χ0n) is 10.5. The first kappa shape index (κ1) is 16.3. The molecule has 1 rings (SSSR count). The molecule has 8 nitrogen and oxygen atoms in total. The topological polar surface area (TPSA) is 141 Å². The lowest BCUT2D eigenvalue weighted by Crippen LogP contribution is -2.61. The number of nitrogens with one attached hydrogen (secondary N) is 1. The third-order valence-corrected chi connectivity index (χ3v) is 3.94. The molecule has 0 spiro atoms. The van der Waals surface area contributed by atoms with E-state index in [1.807, 2.05) is 0 Å². The lowest BCUT2D eigenvalue weighted by atomic mass is 9.64. The molecule has 112 valence electrons. The lowest BCUT2D eigenvalue weighted by Gasteiger charge is -2.34. The minimum Gasteiger partial charge on any atom is -0.480 e. The predicted octanol–water partition coefficient (Wildman–Crippen LogP) is -0.557. The smallest absolute Gasteiger partial charge is 0.322 e. The van der Waals surface area contributed by atoms with E-state index in [9.17, 15) is 34.5 Å². The van der Waals surface area contributed by atoms with Crippen LogP contribution in [0.5, 0.6) is 0 Å². The molecule has 1 amide bonds. The average molecular weight is 305 g/mol. The van der Waals surface area contributed by atoms with Crippen LogP contribution in [0.2, 0.25) is 0 Å². The van der Waals surface area contributed by atoms with Gasteiger partial charge in [0.25, 0.3) is 0 Å². The molecule has 0 radical (unpaired) electrons. The molecule has 1 saturated carbocycles. The van der Waals surface area contributed by atoms with Crippen molar-refractivity contribution >= 4 is 36.4 Å². The van der Waals surface area contributed by atoms with Crippen molar-refractivity contribution in [3.8, 4) is 0 Å². The molecule has 0 aliphatic heterocycles. The molecular formula is C11H15NO7S. The third kappa shape index (κ3) is 2.01. The highest BCUT2D eigenvalue weighted by Crippen LogP contribution is 2.54. The van der Waals surface area contributed by atoms with Crippen LogP contribution in [-0.2, 0) is 19.2 Å². The summed E-state index contributed by atoms with van der Waals surface area (Å²) in [5.74, 6) is -6.25. The van der Waals surface area contributed by atoms with Gasteiger partial charge in [-0.15, -0.1) is 0 Å². The fraction of sp³-hybridized carbons (Fsp3) is 0.636. The molecule has 1 atom stereocenters. The molecule has 0 aromatic rings. The maximum Gasteiger partial charge on any atom is 0.322 e. The van der Waals surface area contributed by atoms with Crippen molar-refractivity contribution in [2.45, 2.75) is 19.3 Å². The van der Waals surface area contributed by atoms with Crippen molar-refractivity contribution in [2.75, 3.05) is 12.3 Å². The summed E-state index contributed by atoms with van der Waals surface area (Å²) < 4.78 is 0. The maximum absolute atomic E-state index is 12.1. The van der Waals surface area contributed by atoms with Crippen LogP contribution in [0.15, 0.2) is 0 Å². The van der Waals surface area contributed by atoms with E-state index in [1.165, 1.54) is 0 Å². The minimum absolute atomic E-state index is 0.0201. The molecule has 0 heterocycles. The first-order valence-corrected chi connectivity index (χ1v) is 6.50. The number of carboxylic acids is 3. The number of thiol groups is 1. The Morgan fingerprint density at radius 2 is 1.40 bits per heavy atom. The molecule has 0 bridgehead atoms. The Bertz CT molecular complexity index is 450. The third-order valence-electron chi connectivity index (χ3n) is 3.71. The first-order valence-electron chi connectivity index (χ1n) is 5.86. The van der Waals surface area contributed by atoms with Crippen LogP contribution in [0, 0.1) is 10.8 Å². The van der Waals surface area contributed by atoms with Crippen molar-refractivity contribution in [3.05, 3.63) is 0 Å². The van der Waals surface area contributed by atoms with Crippen LogP contribution in [0.25, 0.3) is 0 Å². The Labute approximate surface area is 119 Å². The number of carbonyl (C=O) groups is 4. The zero-order chi connectivity index (χ0) is 15.6. The number of carbonyl (C=O) groups excluding carboxylic acids is 1. The van der Waals surface area contributed by atoms with Crippen molar-refractivity contribution in [1.82, 2.24) is 5.32 Å². The van der Waals surface area contributed by atoms with Gasteiger partial charge in [0.05, 0.1) is 0 Å². The van der Waals surface area contributed by atoms with Gasteiger partial charge in [0.15, 0.2) is 10.8 Å². The molecule has 9 heteroatoms. The van der Waals surface area contributed by atoms with Crippen LogP contribution in [0.3, 0.4) is 0 Å². The average Bonchev–Trinajstić information content (AvgIpc) is 2.78. The van der Waals surface area contributed by atoms with Gasteiger partial charge in [0.2, 0.25) is 5.91 Å². The molecule has 0 aromatic carbocycles. The van der Waals surface area contributed by atoms with Crippen LogP contribution in [0.1, 0.15) is 19.3 Å². The second kappa shape index (κ2) is 5.70. The summed E-state index contributed by atoms with van der Waals surface area (Å²) in [7, 11) is 0. The summed E-state index contributed by atoms with van der Waals surface area (Å²) in [6.07, 6.45) is -0.712. The number of rotatable bonds is 6. The van der Waals surface area contributed by atoms with Gasteiger partial charge in [0, 0.05) is 12.3 Å². The predicted molar refractivity (Wildman–Crippen MR) is 68.5 cm³/mol. The zero-order valence-corrected chi connectivity index (χ0v) is 11.4. The van der Waals surface area contributed by atoms with Gasteiger partial charge in [-0.1, -0.05) is 0 Å². The standard InChI is InChI=1S/C11H15NO7S/c13-6(12-4-5-20)10(7(14)15)2-1-3-11(10,8(16)17)9(18)19/h20H,1-5H2,(H,12,13)(H,14,15)(H,16,17)(H,18,19). The molecule has 1 aliphatic rings. The van der Waals surface area contributed by atoms with Gasteiger partial charge in [-0.3, -0.25) is 19.2 Å². The number of hydrogen-bond donors (Lipinski definition) is 5. The van der Waals surface area contributed by atoms with Crippen molar-refractivity contribution < 1.29 is 34.5 Å². The Morgan fingerprint density at radius 3 is 1.80 bits per heavy atom. The van der Waals surface area contributed by atoms with Gasteiger partial charge >= 0.3 is 17.9 Å². The van der Waals surface area contributed by atoms with E-state index < -0.39 is 41.1 Å². The van der Waals surface area contributed by atoms with E-state index >= 15 is 0 Å². The van der Waals surface area contributed by atoms with E-state index in [2.05, 4.69) is 17.9 Å². The fourth-order valence-corrected chi connectivity index (χ4v) is 2.84. The number of amides is 1. The Balaban J connectivity index is 3.42. The van der Waals surface area contributed by atoms with Crippen LogP contribution >= 0.6 is 12.6 Å². The number of carboxylic acid groups (broad SMARTS) is 3. The van der Waals surface area contributed by atoms with E-state index in [0.717, 1.165) is 0 Å². The number of hydrogen-bond acceptors (Lipinski definition) is 5. The normalized spacial score (nSPS) is 24.1. The quantitative estimate of drug-likeness (QED) is 0.327. The molecule has 4 N–H and O–H groups in total. The lowest BCUT2D eigenvalue weighted by molar-refractivity contribution is -0.186. The highest BCUT2D eigenvalue weighted by molar-refractivity contribution is 7.80. The van der Waals surface area contributed by atoms with E-state index in [0.29, 0.717) is 0 Å². The van der Waals surface area contributed by atoms with Crippen molar-refractivity contribution in [3.63, 3.8) is 0 Å². The summed E-state index contributed by atoms with van der Waals surface area (Å²) in [5, 5.41) is 30.1. The van der Waals surface area contributed by atoms with Crippen LogP contribution < -0.4 is 5.32 Å². The summed E-state index contributed by atoms with van der Waals surface area (Å²) in [6.45, 7) is 0.0201. The Hall–Kier alpha value is -1.77. The van der Waals surface area contributed by atoms with Gasteiger partial charge in [-0.05, 0) is 19.3 Å². The van der Waals surface area contributed by atoms with Crippen molar-refractivity contribution in [2.24, 2.45) is 10.8 Å². The molecule has 1 fully saturated rings. The molecule has 20 heavy (non-hydrogen) atoms. The second-order valence-corrected chi connectivity index (χ2v) is 5.01. The minimum atomic E-state index is -2.65. The van der Waals surface area contributed by atoms with Gasteiger partial charge in [0.1, 0.15) is 0 Å². The Morgan fingerprint density at radius 1 is 0.950 bits per heavy atom. The maximum atomic E-state index is 12.1. The SMILES string of the molecule is O=C(O)C1(C(=O)O)CCCC1(C(=O)O)C(=O)NCCS. The molecule has 0 aromatic heterocycles. The highest BCUT2D eigenvalue weighted by atomic mass is 32.1. The van der Waals surface area contributed by atoms with Crippen LogP contribution in [-0.4, -0.2) is 51.4 Å². The van der Waals surface area contributed by atoms with E-state index in [1.54, 1.807) is 0 Å². The first-order chi connectivity index (χ1) is 9.27. The van der Waals surface area contributed by atoms with E-state index in [4.69, 9.17) is 0 Å². The fourth-order valence-electron chi connectivity index (χ4n) is 2.73. The summed E-state index contributed by atoms with van der Waals surface area (Å²) >= 11 is 3.85.